The van der Waals surface area contributed by atoms with Gasteiger partial charge in [0.1, 0.15) is 6.04 Å². The summed E-state index contributed by atoms with van der Waals surface area (Å²) in [6.45, 7) is 2.71. The van der Waals surface area contributed by atoms with Crippen molar-refractivity contribution < 1.29 is 22.9 Å². The standard InChI is InChI=1S/C22H27F3N4O/c1-27-10-4-6-19(27)20-7-5-13-29(20)15-21(30)26-17-14-16(22(23,24)25)8-9-18(17)28-11-2-3-12-28/h4,6,8-10,14,20H,2-3,5,7,11-13,15H2,1H3,(H,26,30)/p+1/t20-/m1/s1. The first-order chi connectivity index (χ1) is 14.3. The molecule has 2 aromatic rings. The van der Waals surface area contributed by atoms with Crippen LogP contribution in [0.15, 0.2) is 36.5 Å². The second-order valence-electron chi connectivity index (χ2n) is 8.30. The molecular formula is C22H28F3N4O+. The van der Waals surface area contributed by atoms with E-state index in [4.69, 9.17) is 0 Å². The molecule has 2 fully saturated rings. The predicted molar refractivity (Wildman–Crippen MR) is 110 cm³/mol. The van der Waals surface area contributed by atoms with Gasteiger partial charge in [-0.25, -0.2) is 0 Å². The van der Waals surface area contributed by atoms with Crippen molar-refractivity contribution in [3.05, 3.63) is 47.8 Å². The lowest BCUT2D eigenvalue weighted by atomic mass is 10.1. The number of carbonyl (C=O) groups is 1. The summed E-state index contributed by atoms with van der Waals surface area (Å²) < 4.78 is 41.8. The lowest BCUT2D eigenvalue weighted by Crippen LogP contribution is -3.11. The van der Waals surface area contributed by atoms with Crippen LogP contribution in [0.3, 0.4) is 0 Å². The molecule has 3 heterocycles. The number of nitrogens with zero attached hydrogens (tertiary/aromatic N) is 2. The Labute approximate surface area is 174 Å². The molecule has 2 saturated heterocycles. The highest BCUT2D eigenvalue weighted by Gasteiger charge is 2.34. The van der Waals surface area contributed by atoms with Crippen molar-refractivity contribution in [1.29, 1.82) is 0 Å². The fraction of sp³-hybridized carbons (Fsp3) is 0.500. The van der Waals surface area contributed by atoms with Crippen molar-refractivity contribution in [2.24, 2.45) is 7.05 Å². The number of rotatable bonds is 5. The third-order valence-electron chi connectivity index (χ3n) is 6.26. The zero-order valence-corrected chi connectivity index (χ0v) is 17.1. The third kappa shape index (κ3) is 4.33. The highest BCUT2D eigenvalue weighted by Crippen LogP contribution is 2.36. The van der Waals surface area contributed by atoms with E-state index in [2.05, 4.69) is 16.0 Å². The second kappa shape index (κ2) is 8.34. The summed E-state index contributed by atoms with van der Waals surface area (Å²) in [5.41, 5.74) is 1.37. The topological polar surface area (TPSA) is 41.7 Å². The van der Waals surface area contributed by atoms with Crippen molar-refractivity contribution >= 4 is 17.3 Å². The number of amides is 1. The highest BCUT2D eigenvalue weighted by atomic mass is 19.4. The van der Waals surface area contributed by atoms with Crippen LogP contribution in [0.25, 0.3) is 0 Å². The van der Waals surface area contributed by atoms with Gasteiger partial charge < -0.3 is 19.7 Å². The van der Waals surface area contributed by atoms with Gasteiger partial charge in [0.2, 0.25) is 0 Å². The van der Waals surface area contributed by atoms with Crippen molar-refractivity contribution in [3.63, 3.8) is 0 Å². The van der Waals surface area contributed by atoms with Crippen LogP contribution in [0.4, 0.5) is 24.5 Å². The predicted octanol–water partition coefficient (Wildman–Crippen LogP) is 3.00. The van der Waals surface area contributed by atoms with E-state index in [9.17, 15) is 18.0 Å². The number of anilines is 2. The molecule has 0 radical (unpaired) electrons. The summed E-state index contributed by atoms with van der Waals surface area (Å²) in [5.74, 6) is -0.245. The van der Waals surface area contributed by atoms with Crippen LogP contribution in [-0.4, -0.2) is 36.7 Å². The number of aromatic nitrogens is 1. The van der Waals surface area contributed by atoms with Crippen molar-refractivity contribution in [3.8, 4) is 0 Å². The van der Waals surface area contributed by atoms with Crippen LogP contribution in [0.5, 0.6) is 0 Å². The van der Waals surface area contributed by atoms with Crippen molar-refractivity contribution in [1.82, 2.24) is 4.57 Å². The summed E-state index contributed by atoms with van der Waals surface area (Å²) >= 11 is 0. The average molecular weight is 421 g/mol. The minimum atomic E-state index is -4.44. The summed E-state index contributed by atoms with van der Waals surface area (Å²) in [6.07, 6.45) is 1.59. The first-order valence-electron chi connectivity index (χ1n) is 10.5. The van der Waals surface area contributed by atoms with Gasteiger partial charge >= 0.3 is 6.18 Å². The number of hydrogen-bond donors (Lipinski definition) is 2. The maximum absolute atomic E-state index is 13.3. The molecule has 2 aliphatic rings. The van der Waals surface area contributed by atoms with Gasteiger partial charge in [-0.05, 0) is 43.2 Å². The molecule has 0 bridgehead atoms. The Morgan fingerprint density at radius 3 is 2.63 bits per heavy atom. The van der Waals surface area contributed by atoms with Crippen molar-refractivity contribution in [2.75, 3.05) is 36.4 Å². The van der Waals surface area contributed by atoms with E-state index in [1.807, 2.05) is 24.2 Å². The van der Waals surface area contributed by atoms with Gasteiger partial charge in [0, 0.05) is 39.2 Å². The molecule has 5 nitrogen and oxygen atoms in total. The number of nitrogens with one attached hydrogen (secondary N) is 2. The summed E-state index contributed by atoms with van der Waals surface area (Å²) in [7, 11) is 2.00. The normalized spacial score (nSPS) is 21.9. The molecule has 2 aliphatic heterocycles. The Kier molecular flexibility index (Phi) is 5.77. The Balaban J connectivity index is 1.52. The molecule has 162 valence electrons. The van der Waals surface area contributed by atoms with Crippen LogP contribution < -0.4 is 15.1 Å². The molecule has 2 N–H and O–H groups in total. The van der Waals surface area contributed by atoms with E-state index in [1.165, 1.54) is 11.8 Å². The van der Waals surface area contributed by atoms with Gasteiger partial charge in [0.15, 0.2) is 6.54 Å². The minimum absolute atomic E-state index is 0.232. The zero-order valence-electron chi connectivity index (χ0n) is 17.1. The van der Waals surface area contributed by atoms with Gasteiger partial charge in [-0.1, -0.05) is 0 Å². The maximum atomic E-state index is 13.3. The van der Waals surface area contributed by atoms with Gasteiger partial charge in [-0.15, -0.1) is 0 Å². The highest BCUT2D eigenvalue weighted by molar-refractivity contribution is 5.95. The molecule has 2 atom stereocenters. The number of likely N-dealkylation sites (tertiary alicyclic amines) is 1. The van der Waals surface area contributed by atoms with Crippen LogP contribution in [0, 0.1) is 0 Å². The van der Waals surface area contributed by atoms with Crippen molar-refractivity contribution in [2.45, 2.75) is 37.9 Å². The van der Waals surface area contributed by atoms with Crippen LogP contribution in [0.2, 0.25) is 0 Å². The van der Waals surface area contributed by atoms with Crippen LogP contribution in [0.1, 0.15) is 43.0 Å². The van der Waals surface area contributed by atoms with Gasteiger partial charge in [-0.3, -0.25) is 4.79 Å². The molecule has 0 aliphatic carbocycles. The molecule has 30 heavy (non-hydrogen) atoms. The van der Waals surface area contributed by atoms with Gasteiger partial charge in [0.05, 0.1) is 29.2 Å². The number of carbonyl (C=O) groups excluding carboxylic acids is 1. The summed E-state index contributed by atoms with van der Waals surface area (Å²) in [4.78, 5) is 16.1. The molecule has 1 amide bonds. The smallest absolute Gasteiger partial charge is 0.370 e. The van der Waals surface area contributed by atoms with Gasteiger partial charge in [0.25, 0.3) is 5.91 Å². The fourth-order valence-corrected chi connectivity index (χ4v) is 4.76. The lowest BCUT2D eigenvalue weighted by molar-refractivity contribution is -0.910. The number of hydrogen-bond acceptors (Lipinski definition) is 2. The third-order valence-corrected chi connectivity index (χ3v) is 6.26. The van der Waals surface area contributed by atoms with E-state index >= 15 is 0 Å². The second-order valence-corrected chi connectivity index (χ2v) is 8.30. The average Bonchev–Trinajstić information content (AvgIpc) is 3.43. The molecule has 4 rings (SSSR count). The molecule has 0 spiro atoms. The Hall–Kier alpha value is -2.48. The molecule has 0 saturated carbocycles. The number of benzene rings is 1. The van der Waals surface area contributed by atoms with Crippen LogP contribution in [-0.2, 0) is 18.0 Å². The largest absolute Gasteiger partial charge is 0.416 e. The van der Waals surface area contributed by atoms with Crippen LogP contribution >= 0.6 is 0 Å². The number of halogens is 3. The molecule has 1 unspecified atom stereocenters. The Morgan fingerprint density at radius 1 is 1.20 bits per heavy atom. The fourth-order valence-electron chi connectivity index (χ4n) is 4.76. The number of aryl methyl sites for hydroxylation is 1. The number of quaternary nitrogens is 1. The SMILES string of the molecule is Cn1cccc1[C@H]1CCC[NH+]1CC(=O)Nc1cc(C(F)(F)F)ccc1N1CCCC1. The van der Waals surface area contributed by atoms with E-state index in [0.717, 1.165) is 62.4 Å². The Morgan fingerprint density at radius 2 is 1.97 bits per heavy atom. The molecule has 8 heteroatoms. The molecule has 1 aromatic heterocycles. The van der Waals surface area contributed by atoms with E-state index < -0.39 is 11.7 Å². The first-order valence-corrected chi connectivity index (χ1v) is 10.5. The van der Waals surface area contributed by atoms with E-state index in [0.29, 0.717) is 5.69 Å². The Bertz CT molecular complexity index is 902. The quantitative estimate of drug-likeness (QED) is 0.780. The molecule has 1 aromatic carbocycles. The molecular weight excluding hydrogens is 393 g/mol. The number of alkyl halides is 3. The monoisotopic (exact) mass is 421 g/mol. The first kappa shape index (κ1) is 20.8. The maximum Gasteiger partial charge on any atom is 0.416 e. The van der Waals surface area contributed by atoms with Gasteiger partial charge in [-0.2, -0.15) is 13.2 Å². The lowest BCUT2D eigenvalue weighted by Gasteiger charge is -2.24. The minimum Gasteiger partial charge on any atom is -0.370 e. The summed E-state index contributed by atoms with van der Waals surface area (Å²) in [5, 5.41) is 2.80. The van der Waals surface area contributed by atoms with E-state index in [-0.39, 0.29) is 24.2 Å². The summed E-state index contributed by atoms with van der Waals surface area (Å²) in [6, 6.07) is 7.96. The van der Waals surface area contributed by atoms with E-state index in [1.54, 1.807) is 0 Å². The zero-order chi connectivity index (χ0) is 21.3.